The van der Waals surface area contributed by atoms with Crippen molar-refractivity contribution >= 4 is 29.3 Å². The summed E-state index contributed by atoms with van der Waals surface area (Å²) in [5.41, 5.74) is 7.25. The van der Waals surface area contributed by atoms with E-state index >= 15 is 0 Å². The van der Waals surface area contributed by atoms with Gasteiger partial charge in [0.05, 0.1) is 19.3 Å². The molecule has 5 rings (SSSR count). The molecule has 0 saturated carbocycles. The van der Waals surface area contributed by atoms with Crippen molar-refractivity contribution in [2.24, 2.45) is 17.6 Å². The lowest BCUT2D eigenvalue weighted by Gasteiger charge is -2.26. The molecule has 3 aliphatic heterocycles. The number of hydrogen-bond donors (Lipinski definition) is 3. The molecular formula is C26H29N4O5+. The van der Waals surface area contributed by atoms with Crippen molar-refractivity contribution in [1.29, 1.82) is 0 Å². The highest BCUT2D eigenvalue weighted by molar-refractivity contribution is 6.14. The van der Waals surface area contributed by atoms with Gasteiger partial charge in [-0.15, -0.1) is 0 Å². The fourth-order valence-electron chi connectivity index (χ4n) is 6.14. The van der Waals surface area contributed by atoms with Crippen LogP contribution in [0.25, 0.3) is 0 Å². The van der Waals surface area contributed by atoms with Gasteiger partial charge in [0.1, 0.15) is 23.6 Å². The molecule has 4 amide bonds. The molecule has 35 heavy (non-hydrogen) atoms. The number of benzene rings is 2. The first-order valence-corrected chi connectivity index (χ1v) is 11.9. The topological polar surface area (TPSA) is 135 Å². The first-order chi connectivity index (χ1) is 16.8. The molecular weight excluding hydrogens is 448 g/mol. The van der Waals surface area contributed by atoms with Gasteiger partial charge >= 0.3 is 0 Å². The molecule has 182 valence electrons. The van der Waals surface area contributed by atoms with E-state index in [0.717, 1.165) is 11.1 Å². The molecule has 5 N–H and O–H groups in total. The summed E-state index contributed by atoms with van der Waals surface area (Å²) in [5, 5.41) is 4.84. The number of para-hydroxylation sites is 2. The SMILES string of the molecule is CCc1cccc2c1NC(=O)[C@]21[NH2+][C@H](CCC(N)=O)[C@H]2C(=O)N(Cc3ccccc3OC)C(=O)[C@H]21. The van der Waals surface area contributed by atoms with Gasteiger partial charge in [0.2, 0.25) is 23.3 Å². The number of hydrogen-bond acceptors (Lipinski definition) is 5. The number of rotatable bonds is 7. The predicted molar refractivity (Wildman–Crippen MR) is 126 cm³/mol. The number of likely N-dealkylation sites (tertiary alicyclic amines) is 1. The number of carbonyl (C=O) groups excluding carboxylic acids is 4. The molecule has 2 saturated heterocycles. The molecule has 3 aliphatic rings. The Labute approximate surface area is 203 Å². The number of fused-ring (bicyclic) bond motifs is 4. The first-order valence-electron chi connectivity index (χ1n) is 11.9. The third kappa shape index (κ3) is 3.33. The summed E-state index contributed by atoms with van der Waals surface area (Å²) in [6.45, 7) is 2.06. The second kappa shape index (κ2) is 8.49. The van der Waals surface area contributed by atoms with E-state index in [2.05, 4.69) is 5.32 Å². The van der Waals surface area contributed by atoms with Crippen LogP contribution < -0.4 is 21.1 Å². The van der Waals surface area contributed by atoms with Crippen LogP contribution in [0.4, 0.5) is 5.69 Å². The number of quaternary nitrogens is 1. The largest absolute Gasteiger partial charge is 0.496 e. The second-order valence-electron chi connectivity index (χ2n) is 9.43. The van der Waals surface area contributed by atoms with Crippen LogP contribution in [0.3, 0.4) is 0 Å². The van der Waals surface area contributed by atoms with Gasteiger partial charge in [-0.25, -0.2) is 0 Å². The number of imide groups is 1. The maximum Gasteiger partial charge on any atom is 0.291 e. The number of nitrogens with one attached hydrogen (secondary N) is 1. The van der Waals surface area contributed by atoms with Crippen molar-refractivity contribution in [1.82, 2.24) is 4.90 Å². The smallest absolute Gasteiger partial charge is 0.291 e. The molecule has 0 aromatic heterocycles. The Kier molecular flexibility index (Phi) is 5.59. The Balaban J connectivity index is 1.60. The van der Waals surface area contributed by atoms with Crippen LogP contribution in [0.1, 0.15) is 36.5 Å². The van der Waals surface area contributed by atoms with E-state index in [1.807, 2.05) is 48.6 Å². The summed E-state index contributed by atoms with van der Waals surface area (Å²) in [6, 6.07) is 12.5. The molecule has 1 spiro atoms. The molecule has 3 heterocycles. The average Bonchev–Trinajstić information content (AvgIpc) is 3.43. The number of anilines is 1. The third-order valence-electron chi connectivity index (χ3n) is 7.71. The van der Waals surface area contributed by atoms with Gasteiger partial charge in [0.15, 0.2) is 0 Å². The van der Waals surface area contributed by atoms with E-state index < -0.39 is 29.3 Å². The zero-order valence-electron chi connectivity index (χ0n) is 19.7. The summed E-state index contributed by atoms with van der Waals surface area (Å²) in [7, 11) is 1.54. The highest BCUT2D eigenvalue weighted by Crippen LogP contribution is 2.50. The Morgan fingerprint density at radius 3 is 2.57 bits per heavy atom. The summed E-state index contributed by atoms with van der Waals surface area (Å²) in [4.78, 5) is 54.1. The number of amides is 4. The van der Waals surface area contributed by atoms with Gasteiger partial charge in [0, 0.05) is 24.0 Å². The van der Waals surface area contributed by atoms with Gasteiger partial charge in [-0.1, -0.05) is 43.3 Å². The lowest BCUT2D eigenvalue weighted by atomic mass is 9.76. The van der Waals surface area contributed by atoms with E-state index in [4.69, 9.17) is 10.5 Å². The van der Waals surface area contributed by atoms with Gasteiger partial charge in [-0.05, 0) is 18.1 Å². The van der Waals surface area contributed by atoms with Crippen LogP contribution >= 0.6 is 0 Å². The van der Waals surface area contributed by atoms with Crippen LogP contribution in [0.5, 0.6) is 5.75 Å². The van der Waals surface area contributed by atoms with Crippen molar-refractivity contribution in [3.05, 3.63) is 59.2 Å². The van der Waals surface area contributed by atoms with Crippen molar-refractivity contribution in [2.75, 3.05) is 12.4 Å². The Morgan fingerprint density at radius 2 is 1.86 bits per heavy atom. The number of nitrogens with two attached hydrogens (primary N) is 2. The molecule has 2 fully saturated rings. The van der Waals surface area contributed by atoms with Gasteiger partial charge in [0.25, 0.3) is 5.91 Å². The zero-order valence-corrected chi connectivity index (χ0v) is 19.7. The number of primary amides is 1. The highest BCUT2D eigenvalue weighted by Gasteiger charge is 2.74. The third-order valence-corrected chi connectivity index (χ3v) is 7.71. The highest BCUT2D eigenvalue weighted by atomic mass is 16.5. The predicted octanol–water partition coefficient (Wildman–Crippen LogP) is 0.418. The number of ether oxygens (including phenoxy) is 1. The van der Waals surface area contributed by atoms with Crippen molar-refractivity contribution in [3.8, 4) is 5.75 Å². The fraction of sp³-hybridized carbons (Fsp3) is 0.385. The minimum absolute atomic E-state index is 0.0524. The van der Waals surface area contributed by atoms with Crippen LogP contribution in [-0.2, 0) is 37.7 Å². The summed E-state index contributed by atoms with van der Waals surface area (Å²) < 4.78 is 5.42. The van der Waals surface area contributed by atoms with E-state index in [-0.39, 0.29) is 30.7 Å². The monoisotopic (exact) mass is 477 g/mol. The van der Waals surface area contributed by atoms with Crippen molar-refractivity contribution < 1.29 is 29.2 Å². The van der Waals surface area contributed by atoms with E-state index in [0.29, 0.717) is 29.8 Å². The number of methoxy groups -OCH3 is 1. The summed E-state index contributed by atoms with van der Waals surface area (Å²) in [5.74, 6) is -2.54. The Hall–Kier alpha value is -3.72. The van der Waals surface area contributed by atoms with Crippen LogP contribution in [-0.4, -0.2) is 41.7 Å². The Bertz CT molecular complexity index is 1240. The molecule has 0 radical (unpaired) electrons. The van der Waals surface area contributed by atoms with Gasteiger partial charge in [-0.2, -0.15) is 0 Å². The minimum Gasteiger partial charge on any atom is -0.496 e. The number of aryl methyl sites for hydroxylation is 1. The lowest BCUT2D eigenvalue weighted by molar-refractivity contribution is -0.734. The fourth-order valence-corrected chi connectivity index (χ4v) is 6.14. The van der Waals surface area contributed by atoms with Crippen LogP contribution in [0.2, 0.25) is 0 Å². The maximum absolute atomic E-state index is 13.9. The zero-order chi connectivity index (χ0) is 24.9. The normalized spacial score (nSPS) is 26.7. The Morgan fingerprint density at radius 1 is 1.11 bits per heavy atom. The summed E-state index contributed by atoms with van der Waals surface area (Å²) >= 11 is 0. The quantitative estimate of drug-likeness (QED) is 0.497. The second-order valence-corrected chi connectivity index (χ2v) is 9.43. The number of nitrogens with zero attached hydrogens (tertiary/aromatic N) is 1. The molecule has 9 heteroatoms. The van der Waals surface area contributed by atoms with Gasteiger partial charge in [-0.3, -0.25) is 24.1 Å². The molecule has 2 aromatic rings. The maximum atomic E-state index is 13.9. The molecule has 4 atom stereocenters. The number of carbonyl (C=O) groups is 4. The van der Waals surface area contributed by atoms with Crippen LogP contribution in [0.15, 0.2) is 42.5 Å². The molecule has 0 bridgehead atoms. The standard InChI is InChI=1S/C26H28N4O5/c1-3-14-8-6-9-16-22(14)28-25(34)26(16)21-20(17(29-26)11-12-19(27)31)23(32)30(24(21)33)13-15-7-4-5-10-18(15)35-2/h4-10,17,20-21,29H,3,11-13H2,1-2H3,(H2,27,31)(H,28,34)/p+1/t17-,20-,21+,26+/m1/s1. The van der Waals surface area contributed by atoms with Crippen molar-refractivity contribution in [2.45, 2.75) is 44.3 Å². The van der Waals surface area contributed by atoms with Crippen molar-refractivity contribution in [3.63, 3.8) is 0 Å². The van der Waals surface area contributed by atoms with E-state index in [1.54, 1.807) is 6.07 Å². The average molecular weight is 478 g/mol. The van der Waals surface area contributed by atoms with Crippen LogP contribution in [0, 0.1) is 11.8 Å². The molecule has 9 nitrogen and oxygen atoms in total. The molecule has 2 aromatic carbocycles. The first kappa shape index (κ1) is 23.0. The van der Waals surface area contributed by atoms with E-state index in [1.165, 1.54) is 12.0 Å². The minimum atomic E-state index is -1.27. The molecule has 0 aliphatic carbocycles. The molecule has 0 unspecified atom stereocenters. The van der Waals surface area contributed by atoms with E-state index in [9.17, 15) is 19.2 Å². The summed E-state index contributed by atoms with van der Waals surface area (Å²) in [6.07, 6.45) is 1.08. The van der Waals surface area contributed by atoms with Gasteiger partial charge < -0.3 is 21.1 Å². The lowest BCUT2D eigenvalue weighted by Crippen LogP contribution is -2.99.